The molecule has 0 aliphatic heterocycles. The Morgan fingerprint density at radius 1 is 1.31 bits per heavy atom. The zero-order valence-electron chi connectivity index (χ0n) is 6.82. The standard InChI is InChI=1S/C9H8O3S/c10-8(5-1-2-5)6-3-4-7(13-6)9(11)12/h3-5H,1-2H2,(H,11,12). The van der Waals surface area contributed by atoms with Gasteiger partial charge in [0.1, 0.15) is 4.88 Å². The van der Waals surface area contributed by atoms with Gasteiger partial charge in [0.25, 0.3) is 0 Å². The number of carbonyl (C=O) groups is 2. The maximum absolute atomic E-state index is 11.5. The number of Topliss-reactive ketones (excluding diaryl/α,β-unsaturated/α-hetero) is 1. The summed E-state index contributed by atoms with van der Waals surface area (Å²) < 4.78 is 0. The third kappa shape index (κ3) is 1.62. The molecule has 0 radical (unpaired) electrons. The summed E-state index contributed by atoms with van der Waals surface area (Å²) in [5.74, 6) is -0.683. The van der Waals surface area contributed by atoms with Gasteiger partial charge in [0.15, 0.2) is 5.78 Å². The minimum absolute atomic E-state index is 0.109. The molecule has 1 fully saturated rings. The van der Waals surface area contributed by atoms with Gasteiger partial charge in [-0.1, -0.05) is 0 Å². The van der Waals surface area contributed by atoms with Gasteiger partial charge < -0.3 is 5.11 Å². The van der Waals surface area contributed by atoms with Gasteiger partial charge in [-0.15, -0.1) is 11.3 Å². The Labute approximate surface area is 79.0 Å². The SMILES string of the molecule is O=C(O)c1ccc(C(=O)C2CC2)s1. The molecule has 1 aliphatic rings. The minimum Gasteiger partial charge on any atom is -0.477 e. The van der Waals surface area contributed by atoms with Crippen LogP contribution in [0.4, 0.5) is 0 Å². The fourth-order valence-corrected chi connectivity index (χ4v) is 2.00. The monoisotopic (exact) mass is 196 g/mol. The van der Waals surface area contributed by atoms with Crippen LogP contribution in [-0.4, -0.2) is 16.9 Å². The summed E-state index contributed by atoms with van der Waals surface area (Å²) in [5, 5.41) is 8.63. The molecule has 1 heterocycles. The van der Waals surface area contributed by atoms with Gasteiger partial charge in [0.05, 0.1) is 4.88 Å². The smallest absolute Gasteiger partial charge is 0.345 e. The van der Waals surface area contributed by atoms with E-state index in [1.807, 2.05) is 0 Å². The molecule has 3 nitrogen and oxygen atoms in total. The van der Waals surface area contributed by atoms with Crippen LogP contribution >= 0.6 is 11.3 Å². The van der Waals surface area contributed by atoms with Crippen molar-refractivity contribution < 1.29 is 14.7 Å². The number of carboxylic acid groups (broad SMARTS) is 1. The maximum atomic E-state index is 11.5. The molecule has 68 valence electrons. The van der Waals surface area contributed by atoms with Crippen LogP contribution in [0.1, 0.15) is 32.2 Å². The average molecular weight is 196 g/mol. The molecular weight excluding hydrogens is 188 g/mol. The third-order valence-corrected chi connectivity index (χ3v) is 3.10. The lowest BCUT2D eigenvalue weighted by Gasteiger charge is -1.90. The number of ketones is 1. The summed E-state index contributed by atoms with van der Waals surface area (Å²) in [6.07, 6.45) is 1.91. The Morgan fingerprint density at radius 3 is 2.38 bits per heavy atom. The highest BCUT2D eigenvalue weighted by atomic mass is 32.1. The summed E-state index contributed by atoms with van der Waals surface area (Å²) >= 11 is 1.07. The molecule has 0 unspecified atom stereocenters. The molecule has 1 saturated carbocycles. The Kier molecular flexibility index (Phi) is 1.92. The van der Waals surface area contributed by atoms with E-state index in [2.05, 4.69) is 0 Å². The van der Waals surface area contributed by atoms with E-state index in [4.69, 9.17) is 5.11 Å². The predicted octanol–water partition coefficient (Wildman–Crippen LogP) is 2.04. The second kappa shape index (κ2) is 2.96. The van der Waals surface area contributed by atoms with Crippen LogP contribution in [0.25, 0.3) is 0 Å². The van der Waals surface area contributed by atoms with E-state index in [0.29, 0.717) is 4.88 Å². The van der Waals surface area contributed by atoms with Crippen LogP contribution in [0.5, 0.6) is 0 Å². The topological polar surface area (TPSA) is 54.4 Å². The summed E-state index contributed by atoms with van der Waals surface area (Å²) in [5.41, 5.74) is 0. The molecule has 2 rings (SSSR count). The Hall–Kier alpha value is -1.16. The van der Waals surface area contributed by atoms with Crippen LogP contribution in [0.15, 0.2) is 12.1 Å². The molecule has 1 aromatic heterocycles. The van der Waals surface area contributed by atoms with Gasteiger partial charge in [-0.2, -0.15) is 0 Å². The highest BCUT2D eigenvalue weighted by molar-refractivity contribution is 7.15. The second-order valence-corrected chi connectivity index (χ2v) is 4.19. The van der Waals surface area contributed by atoms with Crippen molar-refractivity contribution in [2.24, 2.45) is 5.92 Å². The lowest BCUT2D eigenvalue weighted by molar-refractivity contribution is 0.0702. The van der Waals surface area contributed by atoms with E-state index >= 15 is 0 Å². The Bertz CT molecular complexity index is 363. The van der Waals surface area contributed by atoms with Gasteiger partial charge in [-0.05, 0) is 25.0 Å². The first kappa shape index (κ1) is 8.44. The number of thiophene rings is 1. The molecule has 1 N–H and O–H groups in total. The molecule has 0 spiro atoms. The summed E-state index contributed by atoms with van der Waals surface area (Å²) in [7, 11) is 0. The largest absolute Gasteiger partial charge is 0.477 e. The van der Waals surface area contributed by atoms with E-state index in [-0.39, 0.29) is 16.6 Å². The van der Waals surface area contributed by atoms with E-state index in [1.165, 1.54) is 6.07 Å². The van der Waals surface area contributed by atoms with Gasteiger partial charge >= 0.3 is 5.97 Å². The number of carbonyl (C=O) groups excluding carboxylic acids is 1. The van der Waals surface area contributed by atoms with Crippen LogP contribution in [-0.2, 0) is 0 Å². The van der Waals surface area contributed by atoms with E-state index in [1.54, 1.807) is 6.07 Å². The summed E-state index contributed by atoms with van der Waals surface area (Å²) in [4.78, 5) is 22.8. The van der Waals surface area contributed by atoms with Crippen LogP contribution < -0.4 is 0 Å². The number of aromatic carboxylic acids is 1. The highest BCUT2D eigenvalue weighted by Crippen LogP contribution is 2.34. The van der Waals surface area contributed by atoms with Crippen molar-refractivity contribution in [3.8, 4) is 0 Å². The molecule has 13 heavy (non-hydrogen) atoms. The molecule has 1 aliphatic carbocycles. The minimum atomic E-state index is -0.958. The first-order chi connectivity index (χ1) is 6.18. The van der Waals surface area contributed by atoms with Crippen molar-refractivity contribution in [1.82, 2.24) is 0 Å². The third-order valence-electron chi connectivity index (χ3n) is 2.01. The predicted molar refractivity (Wildman–Crippen MR) is 48.3 cm³/mol. The average Bonchev–Trinajstić information content (AvgIpc) is 2.81. The fourth-order valence-electron chi connectivity index (χ4n) is 1.13. The van der Waals surface area contributed by atoms with Crippen LogP contribution in [0.3, 0.4) is 0 Å². The second-order valence-electron chi connectivity index (χ2n) is 3.11. The van der Waals surface area contributed by atoms with Crippen molar-refractivity contribution in [3.05, 3.63) is 21.9 Å². The molecular formula is C9H8O3S. The molecule has 0 bridgehead atoms. The zero-order chi connectivity index (χ0) is 9.42. The number of rotatable bonds is 3. The number of carboxylic acids is 1. The van der Waals surface area contributed by atoms with Crippen molar-refractivity contribution in [3.63, 3.8) is 0 Å². The zero-order valence-corrected chi connectivity index (χ0v) is 7.63. The van der Waals surface area contributed by atoms with Crippen LogP contribution in [0.2, 0.25) is 0 Å². The quantitative estimate of drug-likeness (QED) is 0.752. The fraction of sp³-hybridized carbons (Fsp3) is 0.333. The van der Waals surface area contributed by atoms with E-state index in [9.17, 15) is 9.59 Å². The first-order valence-electron chi connectivity index (χ1n) is 4.06. The van der Waals surface area contributed by atoms with Crippen molar-refractivity contribution in [2.75, 3.05) is 0 Å². The lowest BCUT2D eigenvalue weighted by atomic mass is 10.2. The number of hydrogen-bond donors (Lipinski definition) is 1. The lowest BCUT2D eigenvalue weighted by Crippen LogP contribution is -1.97. The molecule has 4 heteroatoms. The summed E-state index contributed by atoms with van der Waals surface area (Å²) in [6.45, 7) is 0. The Balaban J connectivity index is 2.21. The van der Waals surface area contributed by atoms with E-state index in [0.717, 1.165) is 24.2 Å². The van der Waals surface area contributed by atoms with Gasteiger partial charge in [0.2, 0.25) is 0 Å². The van der Waals surface area contributed by atoms with Crippen molar-refractivity contribution in [1.29, 1.82) is 0 Å². The van der Waals surface area contributed by atoms with Gasteiger partial charge in [-0.3, -0.25) is 4.79 Å². The molecule has 0 atom stereocenters. The van der Waals surface area contributed by atoms with Gasteiger partial charge in [0, 0.05) is 5.92 Å². The normalized spacial score (nSPS) is 15.7. The molecule has 0 amide bonds. The van der Waals surface area contributed by atoms with Gasteiger partial charge in [-0.25, -0.2) is 4.79 Å². The van der Waals surface area contributed by atoms with Crippen molar-refractivity contribution in [2.45, 2.75) is 12.8 Å². The molecule has 1 aromatic rings. The number of hydrogen-bond acceptors (Lipinski definition) is 3. The maximum Gasteiger partial charge on any atom is 0.345 e. The molecule has 0 aromatic carbocycles. The van der Waals surface area contributed by atoms with Crippen LogP contribution in [0, 0.1) is 5.92 Å². The van der Waals surface area contributed by atoms with Crippen molar-refractivity contribution >= 4 is 23.1 Å². The van der Waals surface area contributed by atoms with E-state index < -0.39 is 5.97 Å². The molecule has 0 saturated heterocycles. The highest BCUT2D eigenvalue weighted by Gasteiger charge is 2.31. The summed E-state index contributed by atoms with van der Waals surface area (Å²) in [6, 6.07) is 3.09. The first-order valence-corrected chi connectivity index (χ1v) is 4.87. The Morgan fingerprint density at radius 2 is 1.92 bits per heavy atom.